The Morgan fingerprint density at radius 3 is 2.10 bits per heavy atom. The second-order valence-electron chi connectivity index (χ2n) is 6.78. The van der Waals surface area contributed by atoms with Crippen molar-refractivity contribution < 1.29 is 13.2 Å². The summed E-state index contributed by atoms with van der Waals surface area (Å²) in [6, 6.07) is 4.43. The van der Waals surface area contributed by atoms with Crippen molar-refractivity contribution in [1.29, 1.82) is 0 Å². The number of carbonyl (C=O) groups excluding carboxylic acids is 1. The van der Waals surface area contributed by atoms with Crippen LogP contribution in [-0.4, -0.2) is 14.3 Å². The summed E-state index contributed by atoms with van der Waals surface area (Å²) < 4.78 is 22.6. The van der Waals surface area contributed by atoms with Gasteiger partial charge in [0.2, 0.25) is 5.91 Å². The van der Waals surface area contributed by atoms with Gasteiger partial charge in [-0.1, -0.05) is 27.7 Å². The lowest BCUT2D eigenvalue weighted by Crippen LogP contribution is -2.18. The maximum absolute atomic E-state index is 12.4. The molecular formula is C15H20ClNO3S. The zero-order valence-electron chi connectivity index (χ0n) is 12.8. The van der Waals surface area contributed by atoms with Gasteiger partial charge in [0, 0.05) is 22.3 Å². The third kappa shape index (κ3) is 2.69. The van der Waals surface area contributed by atoms with Crippen LogP contribution >= 0.6 is 10.7 Å². The van der Waals surface area contributed by atoms with Crippen LogP contribution in [0.2, 0.25) is 0 Å². The van der Waals surface area contributed by atoms with Crippen LogP contribution in [0.4, 0.5) is 5.69 Å². The fourth-order valence-corrected chi connectivity index (χ4v) is 3.82. The van der Waals surface area contributed by atoms with Gasteiger partial charge in [0.15, 0.2) is 0 Å². The lowest BCUT2D eigenvalue weighted by molar-refractivity contribution is -0.118. The van der Waals surface area contributed by atoms with E-state index in [0.717, 1.165) is 0 Å². The summed E-state index contributed by atoms with van der Waals surface area (Å²) in [6.45, 7) is 10.0. The quantitative estimate of drug-likeness (QED) is 0.863. The van der Waals surface area contributed by atoms with E-state index in [2.05, 4.69) is 33.0 Å². The maximum Gasteiger partial charge on any atom is 0.261 e. The molecule has 0 spiro atoms. The van der Waals surface area contributed by atoms with Gasteiger partial charge in [-0.3, -0.25) is 4.79 Å². The highest BCUT2D eigenvalue weighted by Gasteiger charge is 2.68. The lowest BCUT2D eigenvalue weighted by Gasteiger charge is -2.10. The van der Waals surface area contributed by atoms with E-state index < -0.39 is 9.05 Å². The van der Waals surface area contributed by atoms with Crippen LogP contribution in [0, 0.1) is 23.7 Å². The minimum Gasteiger partial charge on any atom is -0.326 e. The molecule has 6 heteroatoms. The molecule has 0 atom stereocenters. The molecule has 0 bridgehead atoms. The van der Waals surface area contributed by atoms with Gasteiger partial charge in [-0.05, 0) is 41.5 Å². The van der Waals surface area contributed by atoms with Crippen molar-refractivity contribution in [3.8, 4) is 0 Å². The van der Waals surface area contributed by atoms with Crippen LogP contribution in [0.3, 0.4) is 0 Å². The first-order valence-corrected chi connectivity index (χ1v) is 9.06. The number of benzene rings is 1. The molecular weight excluding hydrogens is 310 g/mol. The standard InChI is InChI=1S/C15H20ClNO3S/c1-9-8-10(21(16,19)20)6-7-11(9)17-13(18)12-14(2,3)15(12,4)5/h6-8,12H,1-5H3,(H,17,18). The monoisotopic (exact) mass is 329 g/mol. The van der Waals surface area contributed by atoms with Gasteiger partial charge in [0.05, 0.1) is 4.90 Å². The molecule has 1 fully saturated rings. The molecule has 1 aliphatic carbocycles. The summed E-state index contributed by atoms with van der Waals surface area (Å²) in [4.78, 5) is 12.4. The highest BCUT2D eigenvalue weighted by molar-refractivity contribution is 8.13. The van der Waals surface area contributed by atoms with Crippen molar-refractivity contribution in [2.75, 3.05) is 5.32 Å². The van der Waals surface area contributed by atoms with Crippen LogP contribution in [0.5, 0.6) is 0 Å². The number of anilines is 1. The minimum atomic E-state index is -3.75. The van der Waals surface area contributed by atoms with Crippen LogP contribution < -0.4 is 5.32 Å². The Labute approximate surface area is 130 Å². The fraction of sp³-hybridized carbons (Fsp3) is 0.533. The van der Waals surface area contributed by atoms with Gasteiger partial charge in [-0.15, -0.1) is 0 Å². The minimum absolute atomic E-state index is 0.0328. The van der Waals surface area contributed by atoms with Crippen LogP contribution in [0.25, 0.3) is 0 Å². The van der Waals surface area contributed by atoms with Gasteiger partial charge in [0.1, 0.15) is 0 Å². The van der Waals surface area contributed by atoms with Gasteiger partial charge >= 0.3 is 0 Å². The zero-order valence-corrected chi connectivity index (χ0v) is 14.4. The van der Waals surface area contributed by atoms with E-state index in [4.69, 9.17) is 10.7 Å². The van der Waals surface area contributed by atoms with E-state index in [9.17, 15) is 13.2 Å². The third-order valence-corrected chi connectivity index (χ3v) is 6.37. The molecule has 0 aromatic heterocycles. The summed E-state index contributed by atoms with van der Waals surface area (Å²) in [7, 11) is 1.56. The zero-order chi connectivity index (χ0) is 16.2. The van der Waals surface area contributed by atoms with Gasteiger partial charge in [-0.2, -0.15) is 0 Å². The van der Waals surface area contributed by atoms with Gasteiger partial charge in [-0.25, -0.2) is 8.42 Å². The molecule has 1 N–H and O–H groups in total. The summed E-state index contributed by atoms with van der Waals surface area (Å²) >= 11 is 0. The lowest BCUT2D eigenvalue weighted by atomic mass is 10.0. The maximum atomic E-state index is 12.4. The number of rotatable bonds is 3. The van der Waals surface area contributed by atoms with Crippen molar-refractivity contribution in [2.24, 2.45) is 16.7 Å². The number of carbonyl (C=O) groups is 1. The molecule has 21 heavy (non-hydrogen) atoms. The van der Waals surface area contributed by atoms with Crippen molar-refractivity contribution in [3.63, 3.8) is 0 Å². The number of halogens is 1. The highest BCUT2D eigenvalue weighted by Crippen LogP contribution is 2.68. The molecule has 4 nitrogen and oxygen atoms in total. The van der Waals surface area contributed by atoms with E-state index >= 15 is 0 Å². The summed E-state index contributed by atoms with van der Waals surface area (Å²) in [6.07, 6.45) is 0. The first kappa shape index (κ1) is 16.3. The molecule has 1 aromatic carbocycles. The number of hydrogen-bond donors (Lipinski definition) is 1. The largest absolute Gasteiger partial charge is 0.326 e. The van der Waals surface area contributed by atoms with Crippen LogP contribution in [-0.2, 0) is 13.8 Å². The van der Waals surface area contributed by atoms with E-state index in [1.54, 1.807) is 13.0 Å². The van der Waals surface area contributed by atoms with Gasteiger partial charge in [0.25, 0.3) is 9.05 Å². The molecule has 1 aromatic rings. The Hall–Kier alpha value is -1.07. The van der Waals surface area contributed by atoms with E-state index in [1.807, 2.05) is 0 Å². The summed E-state index contributed by atoms with van der Waals surface area (Å²) in [5.74, 6) is -0.0876. The number of aryl methyl sites for hydroxylation is 1. The first-order chi connectivity index (χ1) is 9.39. The second kappa shape index (κ2) is 4.71. The average molecular weight is 330 g/mol. The number of hydrogen-bond acceptors (Lipinski definition) is 3. The smallest absolute Gasteiger partial charge is 0.261 e. The summed E-state index contributed by atoms with van der Waals surface area (Å²) in [5.41, 5.74) is 1.21. The molecule has 1 aliphatic rings. The van der Waals surface area contributed by atoms with E-state index in [0.29, 0.717) is 11.3 Å². The molecule has 116 valence electrons. The third-order valence-electron chi connectivity index (χ3n) is 5.02. The number of nitrogens with one attached hydrogen (secondary N) is 1. The first-order valence-electron chi connectivity index (χ1n) is 6.75. The topological polar surface area (TPSA) is 63.2 Å². The molecule has 0 saturated heterocycles. The molecule has 1 saturated carbocycles. The Balaban J connectivity index is 2.21. The average Bonchev–Trinajstić information content (AvgIpc) is 2.70. The SMILES string of the molecule is Cc1cc(S(=O)(=O)Cl)ccc1NC(=O)C1C(C)(C)C1(C)C. The molecule has 0 unspecified atom stereocenters. The van der Waals surface area contributed by atoms with Gasteiger partial charge < -0.3 is 5.32 Å². The summed E-state index contributed by atoms with van der Waals surface area (Å²) in [5, 5.41) is 2.89. The van der Waals surface area contributed by atoms with E-state index in [-0.39, 0.29) is 27.6 Å². The van der Waals surface area contributed by atoms with E-state index in [1.165, 1.54) is 12.1 Å². The molecule has 1 amide bonds. The normalized spacial score (nSPS) is 20.1. The molecule has 0 radical (unpaired) electrons. The fourth-order valence-electron chi connectivity index (χ4n) is 2.98. The second-order valence-corrected chi connectivity index (χ2v) is 9.35. The van der Waals surface area contributed by atoms with Crippen molar-refractivity contribution in [1.82, 2.24) is 0 Å². The van der Waals surface area contributed by atoms with Crippen molar-refractivity contribution >= 4 is 31.3 Å². The van der Waals surface area contributed by atoms with Crippen LogP contribution in [0.1, 0.15) is 33.3 Å². The number of amides is 1. The highest BCUT2D eigenvalue weighted by atomic mass is 35.7. The van der Waals surface area contributed by atoms with Crippen LogP contribution in [0.15, 0.2) is 23.1 Å². The Morgan fingerprint density at radius 1 is 1.19 bits per heavy atom. The Morgan fingerprint density at radius 2 is 1.71 bits per heavy atom. The van der Waals surface area contributed by atoms with Crippen molar-refractivity contribution in [3.05, 3.63) is 23.8 Å². The Kier molecular flexibility index (Phi) is 3.66. The van der Waals surface area contributed by atoms with Crippen molar-refractivity contribution in [2.45, 2.75) is 39.5 Å². The Bertz CT molecular complexity index is 694. The molecule has 2 rings (SSSR count). The molecule has 0 heterocycles. The predicted octanol–water partition coefficient (Wildman–Crippen LogP) is 3.54. The molecule has 0 aliphatic heterocycles. The predicted molar refractivity (Wildman–Crippen MR) is 83.9 cm³/mol.